The van der Waals surface area contributed by atoms with Gasteiger partial charge >= 0.3 is 0 Å². The first-order valence-electron chi connectivity index (χ1n) is 8.32. The molecule has 2 aromatic heterocycles. The van der Waals surface area contributed by atoms with E-state index in [0.29, 0.717) is 6.61 Å². The second kappa shape index (κ2) is 11.7. The minimum Gasteiger partial charge on any atom is -0.490 e. The van der Waals surface area contributed by atoms with Gasteiger partial charge in [0.25, 0.3) is 0 Å². The quantitative estimate of drug-likeness (QED) is 0.346. The summed E-state index contributed by atoms with van der Waals surface area (Å²) < 4.78 is 14.1. The summed E-state index contributed by atoms with van der Waals surface area (Å²) in [5.41, 5.74) is 3.07. The fourth-order valence-electron chi connectivity index (χ4n) is 2.18. The number of aromatic nitrogens is 2. The third kappa shape index (κ3) is 6.57. The number of methoxy groups -OCH3 is 1. The zero-order valence-electron chi connectivity index (χ0n) is 15.5. The van der Waals surface area contributed by atoms with Crippen molar-refractivity contribution in [2.75, 3.05) is 34.9 Å². The Labute approximate surface area is 159 Å². The molecule has 0 aliphatic rings. The van der Waals surface area contributed by atoms with Crippen molar-refractivity contribution in [3.05, 3.63) is 29.7 Å². The average molecular weight is 447 g/mol. The lowest BCUT2D eigenvalue weighted by molar-refractivity contribution is 0.181. The summed E-state index contributed by atoms with van der Waals surface area (Å²) in [5, 5.41) is 0. The number of hydrogen-bond acceptors (Lipinski definition) is 4. The first kappa shape index (κ1) is 21.2. The van der Waals surface area contributed by atoms with Gasteiger partial charge in [-0.15, -0.1) is 0 Å². The summed E-state index contributed by atoms with van der Waals surface area (Å²) >= 11 is 2.36. The average Bonchev–Trinajstić information content (AvgIpc) is 2.89. The first-order valence-corrected chi connectivity index (χ1v) is 9.85. The van der Waals surface area contributed by atoms with E-state index < -0.39 is 0 Å². The number of nitrogens with zero attached hydrogens (tertiary/aromatic N) is 3. The molecule has 2 heterocycles. The highest BCUT2D eigenvalue weighted by Gasteiger charge is 2.14. The Bertz CT molecular complexity index is 596. The molecule has 2 rings (SSSR count). The van der Waals surface area contributed by atoms with E-state index in [2.05, 4.69) is 38.9 Å². The van der Waals surface area contributed by atoms with Crippen LogP contribution in [0.25, 0.3) is 5.65 Å². The van der Waals surface area contributed by atoms with Crippen LogP contribution in [-0.2, 0) is 15.8 Å². The van der Waals surface area contributed by atoms with Gasteiger partial charge in [-0.1, -0.05) is 42.4 Å². The lowest BCUT2D eigenvalue weighted by atomic mass is 10.3. The van der Waals surface area contributed by atoms with Crippen LogP contribution in [0, 0.1) is 0 Å². The molecular formula is C18H30IN3O2. The van der Waals surface area contributed by atoms with Gasteiger partial charge in [-0.3, -0.25) is 4.40 Å². The van der Waals surface area contributed by atoms with E-state index in [1.54, 1.807) is 7.11 Å². The second-order valence-electron chi connectivity index (χ2n) is 6.04. The standard InChI is InChI=1S/C15H21IN2O2.C3H9N/c1-3-4-5-9-20-14-7-6-8-18-13(10-16)12(11-19-2)17-15(14)18;1-4(2)3/h6-8H,3-5,9-11H2,1-2H3;1-3H3. The number of halogens is 1. The molecule has 0 saturated carbocycles. The predicted octanol–water partition coefficient (Wildman–Crippen LogP) is 4.16. The number of unbranched alkanes of at least 4 members (excludes halogenated alkanes) is 2. The Hall–Kier alpha value is -0.860. The van der Waals surface area contributed by atoms with Crippen molar-refractivity contribution >= 4 is 28.2 Å². The second-order valence-corrected chi connectivity index (χ2v) is 6.80. The number of pyridine rings is 1. The molecule has 0 aromatic carbocycles. The summed E-state index contributed by atoms with van der Waals surface area (Å²) in [6.07, 6.45) is 5.52. The molecule has 0 fully saturated rings. The number of ether oxygens (including phenoxy) is 2. The van der Waals surface area contributed by atoms with Crippen LogP contribution < -0.4 is 4.74 Å². The van der Waals surface area contributed by atoms with E-state index in [9.17, 15) is 0 Å². The number of alkyl halides is 1. The van der Waals surface area contributed by atoms with Crippen molar-refractivity contribution in [2.45, 2.75) is 37.2 Å². The summed E-state index contributed by atoms with van der Waals surface area (Å²) in [5.74, 6) is 0.858. The van der Waals surface area contributed by atoms with Crippen LogP contribution in [0.5, 0.6) is 5.75 Å². The molecule has 0 aliphatic carbocycles. The first-order chi connectivity index (χ1) is 11.5. The minimum absolute atomic E-state index is 0.537. The number of imidazole rings is 1. The highest BCUT2D eigenvalue weighted by Crippen LogP contribution is 2.24. The summed E-state index contributed by atoms with van der Waals surface area (Å²) in [4.78, 5) is 6.68. The van der Waals surface area contributed by atoms with Crippen LogP contribution in [0.3, 0.4) is 0 Å². The maximum Gasteiger partial charge on any atom is 0.180 e. The van der Waals surface area contributed by atoms with Crippen molar-refractivity contribution < 1.29 is 9.47 Å². The summed E-state index contributed by atoms with van der Waals surface area (Å²) in [6.45, 7) is 3.48. The monoisotopic (exact) mass is 447 g/mol. The molecule has 0 bridgehead atoms. The van der Waals surface area contributed by atoms with Crippen molar-refractivity contribution in [1.82, 2.24) is 14.3 Å². The minimum atomic E-state index is 0.537. The van der Waals surface area contributed by atoms with Gasteiger partial charge < -0.3 is 14.4 Å². The third-order valence-corrected chi connectivity index (χ3v) is 3.93. The van der Waals surface area contributed by atoms with Gasteiger partial charge in [0.1, 0.15) is 0 Å². The van der Waals surface area contributed by atoms with Gasteiger partial charge in [-0.05, 0) is 39.7 Å². The fraction of sp³-hybridized carbons (Fsp3) is 0.611. The zero-order valence-corrected chi connectivity index (χ0v) is 17.7. The van der Waals surface area contributed by atoms with Gasteiger partial charge in [0.2, 0.25) is 0 Å². The Morgan fingerprint density at radius 3 is 2.54 bits per heavy atom. The summed E-state index contributed by atoms with van der Waals surface area (Å²) in [6, 6.07) is 4.00. The molecule has 5 nitrogen and oxygen atoms in total. The van der Waals surface area contributed by atoms with Crippen LogP contribution in [0.1, 0.15) is 37.6 Å². The lowest BCUT2D eigenvalue weighted by Crippen LogP contribution is -1.99. The van der Waals surface area contributed by atoms with Crippen LogP contribution in [0.2, 0.25) is 0 Å². The smallest absolute Gasteiger partial charge is 0.180 e. The van der Waals surface area contributed by atoms with E-state index >= 15 is 0 Å². The number of hydrogen-bond donors (Lipinski definition) is 0. The van der Waals surface area contributed by atoms with Gasteiger partial charge in [-0.25, -0.2) is 4.98 Å². The number of fused-ring (bicyclic) bond motifs is 1. The van der Waals surface area contributed by atoms with Crippen LogP contribution >= 0.6 is 22.6 Å². The van der Waals surface area contributed by atoms with Gasteiger partial charge in [0, 0.05) is 17.7 Å². The topological polar surface area (TPSA) is 39.0 Å². The van der Waals surface area contributed by atoms with Crippen LogP contribution in [0.15, 0.2) is 18.3 Å². The lowest BCUT2D eigenvalue weighted by Gasteiger charge is -2.07. The molecule has 0 unspecified atom stereocenters. The van der Waals surface area contributed by atoms with Gasteiger partial charge in [0.15, 0.2) is 11.4 Å². The van der Waals surface area contributed by atoms with E-state index in [-0.39, 0.29) is 0 Å². The molecule has 136 valence electrons. The SMILES string of the molecule is CCCCCOc1cccn2c(CI)c(COC)nc12.CN(C)C. The molecule has 0 atom stereocenters. The van der Waals surface area contributed by atoms with E-state index in [1.807, 2.05) is 44.4 Å². The maximum atomic E-state index is 5.89. The van der Waals surface area contributed by atoms with Gasteiger partial charge in [-0.2, -0.15) is 0 Å². The highest BCUT2D eigenvalue weighted by atomic mass is 127. The van der Waals surface area contributed by atoms with Crippen LogP contribution in [0.4, 0.5) is 0 Å². The van der Waals surface area contributed by atoms with Crippen molar-refractivity contribution in [1.29, 1.82) is 0 Å². The van der Waals surface area contributed by atoms with Crippen molar-refractivity contribution in [2.24, 2.45) is 0 Å². The Morgan fingerprint density at radius 1 is 1.25 bits per heavy atom. The molecule has 0 radical (unpaired) electrons. The zero-order chi connectivity index (χ0) is 17.9. The van der Waals surface area contributed by atoms with E-state index in [0.717, 1.165) is 34.5 Å². The Balaban J connectivity index is 0.000000648. The van der Waals surface area contributed by atoms with Crippen molar-refractivity contribution in [3.63, 3.8) is 0 Å². The summed E-state index contributed by atoms with van der Waals surface area (Å²) in [7, 11) is 7.70. The molecule has 0 saturated heterocycles. The molecule has 24 heavy (non-hydrogen) atoms. The predicted molar refractivity (Wildman–Crippen MR) is 108 cm³/mol. The van der Waals surface area contributed by atoms with Crippen molar-refractivity contribution in [3.8, 4) is 5.75 Å². The third-order valence-electron chi connectivity index (χ3n) is 3.21. The Morgan fingerprint density at radius 2 is 1.96 bits per heavy atom. The molecule has 0 spiro atoms. The highest BCUT2D eigenvalue weighted by molar-refractivity contribution is 14.1. The number of rotatable bonds is 8. The normalized spacial score (nSPS) is 10.8. The molecule has 0 N–H and O–H groups in total. The van der Waals surface area contributed by atoms with Crippen LogP contribution in [-0.4, -0.2) is 49.1 Å². The fourth-order valence-corrected chi connectivity index (χ4v) is 2.99. The van der Waals surface area contributed by atoms with Gasteiger partial charge in [0.05, 0.1) is 24.6 Å². The van der Waals surface area contributed by atoms with E-state index in [1.165, 1.54) is 18.5 Å². The Kier molecular flexibility index (Phi) is 10.3. The van der Waals surface area contributed by atoms with E-state index in [4.69, 9.17) is 9.47 Å². The molecule has 0 amide bonds. The molecule has 0 aliphatic heterocycles. The molecule has 6 heteroatoms. The molecular weight excluding hydrogens is 417 g/mol. The largest absolute Gasteiger partial charge is 0.490 e. The maximum absolute atomic E-state index is 5.89. The molecule has 2 aromatic rings.